The van der Waals surface area contributed by atoms with Gasteiger partial charge in [0, 0.05) is 19.9 Å². The molecule has 4 heteroatoms. The van der Waals surface area contributed by atoms with Crippen molar-refractivity contribution in [3.8, 4) is 11.5 Å². The van der Waals surface area contributed by atoms with Crippen LogP contribution >= 0.6 is 0 Å². The zero-order valence-electron chi connectivity index (χ0n) is 9.79. The van der Waals surface area contributed by atoms with Crippen LogP contribution in [0.1, 0.15) is 25.0 Å². The molecule has 0 aliphatic rings. The van der Waals surface area contributed by atoms with Gasteiger partial charge in [0.05, 0.1) is 0 Å². The molecule has 16 heavy (non-hydrogen) atoms. The van der Waals surface area contributed by atoms with Crippen LogP contribution in [0.5, 0.6) is 11.5 Å². The molecule has 0 N–H and O–H groups in total. The van der Waals surface area contributed by atoms with Crippen molar-refractivity contribution in [1.29, 1.82) is 0 Å². The topological polar surface area (TPSA) is 52.6 Å². The van der Waals surface area contributed by atoms with Crippen molar-refractivity contribution in [3.05, 3.63) is 23.3 Å². The van der Waals surface area contributed by atoms with Gasteiger partial charge in [-0.2, -0.15) is 0 Å². The predicted molar refractivity (Wildman–Crippen MR) is 58.5 cm³/mol. The lowest BCUT2D eigenvalue weighted by molar-refractivity contribution is -0.132. The Kier molecular flexibility index (Phi) is 3.66. The van der Waals surface area contributed by atoms with Crippen LogP contribution in [0.3, 0.4) is 0 Å². The second-order valence-electron chi connectivity index (χ2n) is 3.57. The van der Waals surface area contributed by atoms with Crippen LogP contribution in [0.25, 0.3) is 0 Å². The van der Waals surface area contributed by atoms with Crippen molar-refractivity contribution >= 4 is 11.9 Å². The molecule has 1 aromatic carbocycles. The first kappa shape index (κ1) is 12.2. The van der Waals surface area contributed by atoms with Crippen LogP contribution in [-0.4, -0.2) is 11.9 Å². The van der Waals surface area contributed by atoms with E-state index in [0.717, 1.165) is 11.1 Å². The molecule has 1 rings (SSSR count). The SMILES string of the molecule is CC(=O)Oc1cc(OC(C)=O)c(C)cc1C. The lowest BCUT2D eigenvalue weighted by atomic mass is 10.1. The van der Waals surface area contributed by atoms with Gasteiger partial charge in [0.25, 0.3) is 0 Å². The maximum atomic E-state index is 10.9. The molecule has 0 aliphatic carbocycles. The summed E-state index contributed by atoms with van der Waals surface area (Å²) in [7, 11) is 0. The number of benzene rings is 1. The minimum absolute atomic E-state index is 0.402. The summed E-state index contributed by atoms with van der Waals surface area (Å²) in [6.45, 7) is 6.29. The van der Waals surface area contributed by atoms with Gasteiger partial charge < -0.3 is 9.47 Å². The summed E-state index contributed by atoms with van der Waals surface area (Å²) in [5.41, 5.74) is 1.65. The molecule has 0 spiro atoms. The summed E-state index contributed by atoms with van der Waals surface area (Å²) in [4.78, 5) is 21.7. The van der Waals surface area contributed by atoms with E-state index < -0.39 is 11.9 Å². The Labute approximate surface area is 94.2 Å². The fourth-order valence-corrected chi connectivity index (χ4v) is 1.34. The average Bonchev–Trinajstić information content (AvgIpc) is 2.11. The number of hydrogen-bond acceptors (Lipinski definition) is 4. The van der Waals surface area contributed by atoms with Crippen molar-refractivity contribution in [3.63, 3.8) is 0 Å². The summed E-state index contributed by atoms with van der Waals surface area (Å²) in [5.74, 6) is 0.0187. The monoisotopic (exact) mass is 222 g/mol. The first-order valence-electron chi connectivity index (χ1n) is 4.88. The lowest BCUT2D eigenvalue weighted by Crippen LogP contribution is -2.06. The number of hydrogen-bond donors (Lipinski definition) is 0. The molecule has 0 unspecified atom stereocenters. The number of carbonyl (C=O) groups is 2. The molecule has 0 aromatic heterocycles. The molecular weight excluding hydrogens is 208 g/mol. The molecule has 0 radical (unpaired) electrons. The smallest absolute Gasteiger partial charge is 0.308 e. The van der Waals surface area contributed by atoms with Crippen LogP contribution < -0.4 is 9.47 Å². The molecule has 0 heterocycles. The Morgan fingerprint density at radius 1 is 0.875 bits per heavy atom. The van der Waals surface area contributed by atoms with E-state index in [1.165, 1.54) is 13.8 Å². The number of aryl methyl sites for hydroxylation is 2. The molecule has 0 bridgehead atoms. The van der Waals surface area contributed by atoms with E-state index in [2.05, 4.69) is 0 Å². The predicted octanol–water partition coefficient (Wildman–Crippen LogP) is 2.15. The van der Waals surface area contributed by atoms with Gasteiger partial charge in [0.1, 0.15) is 11.5 Å². The van der Waals surface area contributed by atoms with Gasteiger partial charge in [-0.05, 0) is 31.0 Å². The third-order valence-corrected chi connectivity index (χ3v) is 1.98. The van der Waals surface area contributed by atoms with Crippen molar-refractivity contribution < 1.29 is 19.1 Å². The van der Waals surface area contributed by atoms with Crippen LogP contribution in [0.4, 0.5) is 0 Å². The molecule has 0 aliphatic heterocycles. The Hall–Kier alpha value is -1.84. The Morgan fingerprint density at radius 2 is 1.25 bits per heavy atom. The second-order valence-corrected chi connectivity index (χ2v) is 3.57. The fourth-order valence-electron chi connectivity index (χ4n) is 1.34. The van der Waals surface area contributed by atoms with Crippen molar-refractivity contribution in [2.75, 3.05) is 0 Å². The van der Waals surface area contributed by atoms with Crippen LogP contribution in [0.2, 0.25) is 0 Å². The summed E-state index contributed by atoms with van der Waals surface area (Å²) < 4.78 is 9.98. The summed E-state index contributed by atoms with van der Waals surface area (Å²) in [6.07, 6.45) is 0. The molecule has 0 fully saturated rings. The van der Waals surface area contributed by atoms with Crippen LogP contribution in [0, 0.1) is 13.8 Å². The maximum Gasteiger partial charge on any atom is 0.308 e. The Balaban J connectivity index is 3.10. The molecule has 1 aromatic rings. The molecule has 0 amide bonds. The Bertz CT molecular complexity index is 398. The highest BCUT2D eigenvalue weighted by molar-refractivity contribution is 5.72. The van der Waals surface area contributed by atoms with E-state index in [4.69, 9.17) is 9.47 Å². The van der Waals surface area contributed by atoms with Gasteiger partial charge in [0.2, 0.25) is 0 Å². The van der Waals surface area contributed by atoms with Crippen molar-refractivity contribution in [2.24, 2.45) is 0 Å². The van der Waals surface area contributed by atoms with Gasteiger partial charge in [-0.3, -0.25) is 9.59 Å². The zero-order chi connectivity index (χ0) is 12.3. The molecule has 4 nitrogen and oxygen atoms in total. The highest BCUT2D eigenvalue weighted by atomic mass is 16.5. The van der Waals surface area contributed by atoms with Crippen LogP contribution in [-0.2, 0) is 9.59 Å². The van der Waals surface area contributed by atoms with Gasteiger partial charge in [-0.25, -0.2) is 0 Å². The van der Waals surface area contributed by atoms with E-state index in [9.17, 15) is 9.59 Å². The largest absolute Gasteiger partial charge is 0.426 e. The van der Waals surface area contributed by atoms with E-state index in [-0.39, 0.29) is 0 Å². The first-order valence-corrected chi connectivity index (χ1v) is 4.88. The fraction of sp³-hybridized carbons (Fsp3) is 0.333. The summed E-state index contributed by atoms with van der Waals surface area (Å²) >= 11 is 0. The number of carbonyl (C=O) groups excluding carboxylic acids is 2. The third-order valence-electron chi connectivity index (χ3n) is 1.98. The standard InChI is InChI=1S/C12H14O4/c1-7-5-8(2)12(16-10(4)14)6-11(7)15-9(3)13/h5-6H,1-4H3. The van der Waals surface area contributed by atoms with Crippen molar-refractivity contribution in [2.45, 2.75) is 27.7 Å². The highest BCUT2D eigenvalue weighted by Crippen LogP contribution is 2.28. The van der Waals surface area contributed by atoms with E-state index >= 15 is 0 Å². The zero-order valence-corrected chi connectivity index (χ0v) is 9.79. The quantitative estimate of drug-likeness (QED) is 0.568. The normalized spacial score (nSPS) is 9.75. The number of ether oxygens (including phenoxy) is 2. The molecule has 0 saturated heterocycles. The molecule has 0 atom stereocenters. The van der Waals surface area contributed by atoms with Gasteiger partial charge in [-0.1, -0.05) is 0 Å². The number of esters is 2. The van der Waals surface area contributed by atoms with Gasteiger partial charge >= 0.3 is 11.9 Å². The first-order chi connectivity index (χ1) is 7.40. The van der Waals surface area contributed by atoms with Crippen molar-refractivity contribution in [1.82, 2.24) is 0 Å². The summed E-state index contributed by atoms with van der Waals surface area (Å²) in [6, 6.07) is 3.35. The minimum atomic E-state index is -0.402. The van der Waals surface area contributed by atoms with Gasteiger partial charge in [0.15, 0.2) is 0 Å². The van der Waals surface area contributed by atoms with E-state index in [0.29, 0.717) is 11.5 Å². The maximum absolute atomic E-state index is 10.9. The summed E-state index contributed by atoms with van der Waals surface area (Å²) in [5, 5.41) is 0. The third kappa shape index (κ3) is 3.08. The molecule has 86 valence electrons. The number of rotatable bonds is 2. The highest BCUT2D eigenvalue weighted by Gasteiger charge is 2.10. The molecule has 0 saturated carbocycles. The second kappa shape index (κ2) is 4.79. The minimum Gasteiger partial charge on any atom is -0.426 e. The van der Waals surface area contributed by atoms with E-state index in [1.54, 1.807) is 12.1 Å². The van der Waals surface area contributed by atoms with E-state index in [1.807, 2.05) is 13.8 Å². The lowest BCUT2D eigenvalue weighted by Gasteiger charge is -2.10. The Morgan fingerprint density at radius 3 is 1.56 bits per heavy atom. The van der Waals surface area contributed by atoms with Crippen LogP contribution in [0.15, 0.2) is 12.1 Å². The average molecular weight is 222 g/mol. The van der Waals surface area contributed by atoms with Gasteiger partial charge in [-0.15, -0.1) is 0 Å². The molecular formula is C12H14O4.